The van der Waals surface area contributed by atoms with Crippen LogP contribution in [0.4, 0.5) is 0 Å². The number of nitrogens with zero attached hydrogens (tertiary/aromatic N) is 2. The molecule has 0 saturated carbocycles. The monoisotopic (exact) mass is 954 g/mol. The number of benzene rings is 4. The summed E-state index contributed by atoms with van der Waals surface area (Å²) in [5.74, 6) is -1.18. The summed E-state index contributed by atoms with van der Waals surface area (Å²) in [5.41, 5.74) is 1.01. The first-order valence-corrected chi connectivity index (χ1v) is 24.5. The lowest BCUT2D eigenvalue weighted by molar-refractivity contribution is 0.0320. The number of unbranched alkanes of at least 4 members (excludes halogenated alkanes) is 10. The molecule has 15 nitrogen and oxygen atoms in total. The first-order chi connectivity index (χ1) is 33.7. The predicted octanol–water partition coefficient (Wildman–Crippen LogP) is 9.33. The molecule has 2 N–H and O–H groups in total. The average molecular weight is 955 g/mol. The van der Waals surface area contributed by atoms with Gasteiger partial charge in [0.15, 0.2) is 0 Å². The van der Waals surface area contributed by atoms with Crippen LogP contribution >= 0.6 is 0 Å². The Hall–Kier alpha value is -5.84. The summed E-state index contributed by atoms with van der Waals surface area (Å²) < 4.78 is 40.4. The van der Waals surface area contributed by atoms with Crippen molar-refractivity contribution in [2.24, 2.45) is 0 Å². The van der Waals surface area contributed by atoms with Gasteiger partial charge in [-0.2, -0.15) is 0 Å². The van der Waals surface area contributed by atoms with E-state index in [9.17, 15) is 19.2 Å². The van der Waals surface area contributed by atoms with Crippen molar-refractivity contribution in [3.8, 4) is 23.0 Å². The van der Waals surface area contributed by atoms with Crippen LogP contribution in [0.5, 0.6) is 23.0 Å². The van der Waals surface area contributed by atoms with E-state index >= 15 is 0 Å². The summed E-state index contributed by atoms with van der Waals surface area (Å²) in [6.07, 6.45) is 13.4. The highest BCUT2D eigenvalue weighted by Gasteiger charge is 2.13. The first-order valence-electron chi connectivity index (χ1n) is 24.5. The lowest BCUT2D eigenvalue weighted by Gasteiger charge is -2.23. The molecule has 374 valence electrons. The van der Waals surface area contributed by atoms with Gasteiger partial charge in [-0.3, -0.25) is 9.80 Å². The SMILES string of the molecule is O=C(O)c1ccc(OC(=O)c2ccc(OCCCCCCCCN3CCOCCOCCN(CCCCCCCCOc4ccc(C(=O)Oc5ccc(C(=O)O)cc5)cc4)CCOCC3)cc2)cc1. The number of hydrogen-bond donors (Lipinski definition) is 2. The third kappa shape index (κ3) is 22.0. The van der Waals surface area contributed by atoms with E-state index in [1.54, 1.807) is 48.5 Å². The van der Waals surface area contributed by atoms with Gasteiger partial charge in [0, 0.05) is 26.2 Å². The van der Waals surface area contributed by atoms with Crippen LogP contribution in [-0.2, 0) is 14.2 Å². The van der Waals surface area contributed by atoms with Crippen molar-refractivity contribution in [3.63, 3.8) is 0 Å². The zero-order valence-electron chi connectivity index (χ0n) is 39.9. The van der Waals surface area contributed by atoms with Crippen LogP contribution in [0.3, 0.4) is 0 Å². The number of esters is 2. The molecule has 1 aliphatic rings. The van der Waals surface area contributed by atoms with E-state index < -0.39 is 23.9 Å². The van der Waals surface area contributed by atoms with Crippen molar-refractivity contribution < 1.29 is 62.5 Å². The highest BCUT2D eigenvalue weighted by molar-refractivity contribution is 5.92. The van der Waals surface area contributed by atoms with Crippen molar-refractivity contribution in [2.45, 2.75) is 77.0 Å². The van der Waals surface area contributed by atoms with Gasteiger partial charge in [0.25, 0.3) is 0 Å². The third-order valence-corrected chi connectivity index (χ3v) is 11.7. The van der Waals surface area contributed by atoms with Crippen LogP contribution in [0.15, 0.2) is 97.1 Å². The Morgan fingerprint density at radius 2 is 0.667 bits per heavy atom. The van der Waals surface area contributed by atoms with Gasteiger partial charge in [0.05, 0.1) is 75.1 Å². The van der Waals surface area contributed by atoms with Crippen molar-refractivity contribution in [1.82, 2.24) is 9.80 Å². The third-order valence-electron chi connectivity index (χ3n) is 11.7. The van der Waals surface area contributed by atoms with Gasteiger partial charge in [-0.15, -0.1) is 0 Å². The molecule has 1 aliphatic heterocycles. The fourth-order valence-corrected chi connectivity index (χ4v) is 7.58. The van der Waals surface area contributed by atoms with E-state index in [2.05, 4.69) is 9.80 Å². The van der Waals surface area contributed by atoms with Gasteiger partial charge in [-0.25, -0.2) is 19.2 Å². The summed E-state index contributed by atoms with van der Waals surface area (Å²) in [6, 6.07) is 25.1. The molecule has 4 aromatic rings. The molecule has 0 amide bonds. The summed E-state index contributed by atoms with van der Waals surface area (Å²) in [4.78, 5) is 51.9. The van der Waals surface area contributed by atoms with Gasteiger partial charge in [0.2, 0.25) is 0 Å². The molecule has 0 unspecified atom stereocenters. The molecular weight excluding hydrogens is 885 g/mol. The van der Waals surface area contributed by atoms with E-state index in [4.69, 9.17) is 43.4 Å². The van der Waals surface area contributed by atoms with Crippen molar-refractivity contribution in [1.29, 1.82) is 0 Å². The lowest BCUT2D eigenvalue weighted by Crippen LogP contribution is -2.34. The summed E-state index contributed by atoms with van der Waals surface area (Å²) in [5, 5.41) is 18.1. The van der Waals surface area contributed by atoms with E-state index in [1.165, 1.54) is 74.2 Å². The smallest absolute Gasteiger partial charge is 0.343 e. The molecule has 5 rings (SSSR count). The average Bonchev–Trinajstić information content (AvgIpc) is 3.36. The second-order valence-electron chi connectivity index (χ2n) is 16.9. The minimum Gasteiger partial charge on any atom is -0.494 e. The lowest BCUT2D eigenvalue weighted by atomic mass is 10.1. The van der Waals surface area contributed by atoms with Crippen LogP contribution in [-0.4, -0.2) is 136 Å². The van der Waals surface area contributed by atoms with E-state index in [0.29, 0.717) is 75.5 Å². The first kappa shape index (κ1) is 54.1. The number of carbonyl (C=O) groups is 4. The molecule has 0 aliphatic carbocycles. The fourth-order valence-electron chi connectivity index (χ4n) is 7.58. The Morgan fingerprint density at radius 3 is 1.01 bits per heavy atom. The minimum atomic E-state index is -1.04. The molecule has 15 heteroatoms. The van der Waals surface area contributed by atoms with Crippen molar-refractivity contribution in [3.05, 3.63) is 119 Å². The topological polar surface area (TPSA) is 180 Å². The van der Waals surface area contributed by atoms with Crippen LogP contribution < -0.4 is 18.9 Å². The van der Waals surface area contributed by atoms with Crippen LogP contribution in [0.25, 0.3) is 0 Å². The second kappa shape index (κ2) is 32.1. The predicted molar refractivity (Wildman–Crippen MR) is 261 cm³/mol. The highest BCUT2D eigenvalue weighted by Crippen LogP contribution is 2.20. The molecule has 0 spiro atoms. The number of carbonyl (C=O) groups excluding carboxylic acids is 2. The zero-order valence-corrected chi connectivity index (χ0v) is 39.9. The van der Waals surface area contributed by atoms with E-state index in [-0.39, 0.29) is 22.6 Å². The maximum atomic E-state index is 12.5. The number of aromatic carboxylic acids is 2. The normalized spacial score (nSPS) is 14.5. The maximum Gasteiger partial charge on any atom is 0.343 e. The summed E-state index contributed by atoms with van der Waals surface area (Å²) in [7, 11) is 0. The van der Waals surface area contributed by atoms with Gasteiger partial charge in [-0.1, -0.05) is 51.4 Å². The second-order valence-corrected chi connectivity index (χ2v) is 16.9. The molecular formula is C54H70N2O13. The molecule has 1 saturated heterocycles. The van der Waals surface area contributed by atoms with Gasteiger partial charge >= 0.3 is 23.9 Å². The molecule has 0 aromatic heterocycles. The Kier molecular flexibility index (Phi) is 25.1. The van der Waals surface area contributed by atoms with Crippen LogP contribution in [0.2, 0.25) is 0 Å². The molecule has 0 bridgehead atoms. The fraction of sp³-hybridized carbons (Fsp3) is 0.481. The Labute approximate surface area is 406 Å². The number of rotatable bonds is 26. The molecule has 4 aromatic carbocycles. The quantitative estimate of drug-likeness (QED) is 0.0345. The molecule has 0 radical (unpaired) electrons. The summed E-state index contributed by atoms with van der Waals surface area (Å²) >= 11 is 0. The molecule has 69 heavy (non-hydrogen) atoms. The standard InChI is InChI=1S/C54H70N2O13/c57-51(58)43-13-25-49(26-14-43)68-53(61)45-17-21-47(22-18-45)66-35-11-7-3-1-5-9-29-55-31-37-63-38-32-56(34-40-65-42-41-64-39-33-55)30-10-6-2-4-8-12-36-67-48-23-19-46(20-24-48)54(62)69-50-27-15-44(16-28-50)52(59)60/h13-28H,1-12,29-42H2,(H,57,58)(H,59,60). The zero-order chi connectivity index (χ0) is 48.7. The van der Waals surface area contributed by atoms with Crippen LogP contribution in [0.1, 0.15) is 118 Å². The largest absolute Gasteiger partial charge is 0.494 e. The van der Waals surface area contributed by atoms with Gasteiger partial charge in [-0.05, 0) is 136 Å². The van der Waals surface area contributed by atoms with E-state index in [1.807, 2.05) is 0 Å². The Morgan fingerprint density at radius 1 is 0.377 bits per heavy atom. The van der Waals surface area contributed by atoms with E-state index in [0.717, 1.165) is 90.6 Å². The number of hydrogen-bond acceptors (Lipinski definition) is 13. The maximum absolute atomic E-state index is 12.5. The minimum absolute atomic E-state index is 0.124. The molecule has 0 atom stereocenters. The van der Waals surface area contributed by atoms with Gasteiger partial charge < -0.3 is 43.4 Å². The number of carboxylic acids is 2. The van der Waals surface area contributed by atoms with Gasteiger partial charge in [0.1, 0.15) is 23.0 Å². The molecule has 1 heterocycles. The van der Waals surface area contributed by atoms with Crippen molar-refractivity contribution >= 4 is 23.9 Å². The Bertz CT molecular complexity index is 1930. The number of ether oxygens (including phenoxy) is 7. The number of carboxylic acid groups (broad SMARTS) is 2. The summed E-state index contributed by atoms with van der Waals surface area (Å²) in [6.45, 7) is 10.8. The van der Waals surface area contributed by atoms with Crippen LogP contribution in [0, 0.1) is 0 Å². The Balaban J connectivity index is 0.847. The highest BCUT2D eigenvalue weighted by atomic mass is 16.5. The molecule has 1 fully saturated rings. The van der Waals surface area contributed by atoms with Crippen molar-refractivity contribution in [2.75, 3.05) is 92.1 Å².